The van der Waals surface area contributed by atoms with Crippen LogP contribution in [0.4, 0.5) is 0 Å². The largest absolute Gasteiger partial charge is 0.464 e. The van der Waals surface area contributed by atoms with E-state index >= 15 is 0 Å². The van der Waals surface area contributed by atoms with Gasteiger partial charge in [0.05, 0.1) is 23.6 Å². The van der Waals surface area contributed by atoms with Gasteiger partial charge >= 0.3 is 5.97 Å². The summed E-state index contributed by atoms with van der Waals surface area (Å²) < 4.78 is 5.28. The molecule has 2 fully saturated rings. The van der Waals surface area contributed by atoms with Gasteiger partial charge in [-0.1, -0.05) is 25.0 Å². The summed E-state index contributed by atoms with van der Waals surface area (Å²) in [5.41, 5.74) is 0.754. The summed E-state index contributed by atoms with van der Waals surface area (Å²) in [4.78, 5) is 52.0. The van der Waals surface area contributed by atoms with Gasteiger partial charge in [0.2, 0.25) is 5.91 Å². The standard InChI is InChI=1S/C20H22N2O5/c23-17-11-13(12-22(17)14-5-1-2-6-14)20(26)27-10-9-21-18(24)15-7-3-4-8-16(15)19(21)25/h3-4,7-8,13-14H,1-2,5-6,9-12H2/t13-/m1/s1. The van der Waals surface area contributed by atoms with E-state index in [0.717, 1.165) is 30.6 Å². The van der Waals surface area contributed by atoms with E-state index in [4.69, 9.17) is 4.74 Å². The molecule has 0 unspecified atom stereocenters. The highest BCUT2D eigenvalue weighted by Gasteiger charge is 2.40. The van der Waals surface area contributed by atoms with Crippen molar-refractivity contribution in [2.24, 2.45) is 5.92 Å². The van der Waals surface area contributed by atoms with E-state index in [-0.39, 0.29) is 43.3 Å². The van der Waals surface area contributed by atoms with Crippen LogP contribution in [0.5, 0.6) is 0 Å². The molecule has 3 aliphatic rings. The lowest BCUT2D eigenvalue weighted by Crippen LogP contribution is -2.36. The number of likely N-dealkylation sites (tertiary alicyclic amines) is 1. The van der Waals surface area contributed by atoms with Crippen molar-refractivity contribution in [1.29, 1.82) is 0 Å². The summed E-state index contributed by atoms with van der Waals surface area (Å²) in [5.74, 6) is -1.60. The minimum absolute atomic E-state index is 0.0178. The Morgan fingerprint density at radius 1 is 1.04 bits per heavy atom. The number of fused-ring (bicyclic) bond motifs is 1. The van der Waals surface area contributed by atoms with E-state index in [2.05, 4.69) is 0 Å². The Morgan fingerprint density at radius 3 is 2.30 bits per heavy atom. The Kier molecular flexibility index (Phi) is 4.68. The van der Waals surface area contributed by atoms with Crippen molar-refractivity contribution in [3.8, 4) is 0 Å². The van der Waals surface area contributed by atoms with E-state index in [0.29, 0.717) is 17.7 Å². The van der Waals surface area contributed by atoms with Gasteiger partial charge in [-0.15, -0.1) is 0 Å². The molecule has 2 aliphatic heterocycles. The lowest BCUT2D eigenvalue weighted by atomic mass is 10.1. The number of hydrogen-bond acceptors (Lipinski definition) is 5. The molecule has 7 nitrogen and oxygen atoms in total. The molecule has 0 spiro atoms. The SMILES string of the molecule is O=C(OCCN1C(=O)c2ccccc2C1=O)[C@@H]1CC(=O)N(C2CCCC2)C1. The molecule has 0 bridgehead atoms. The van der Waals surface area contributed by atoms with Crippen LogP contribution in [0.3, 0.4) is 0 Å². The van der Waals surface area contributed by atoms with Gasteiger partial charge < -0.3 is 9.64 Å². The lowest BCUT2D eigenvalue weighted by molar-refractivity contribution is -0.148. The van der Waals surface area contributed by atoms with Crippen molar-refractivity contribution in [1.82, 2.24) is 9.80 Å². The highest BCUT2D eigenvalue weighted by molar-refractivity contribution is 6.21. The molecule has 1 saturated heterocycles. The fourth-order valence-corrected chi connectivity index (χ4v) is 4.26. The Hall–Kier alpha value is -2.70. The normalized spacial score (nSPS) is 22.7. The second kappa shape index (κ2) is 7.13. The summed E-state index contributed by atoms with van der Waals surface area (Å²) >= 11 is 0. The Labute approximate surface area is 157 Å². The number of nitrogens with zero attached hydrogens (tertiary/aromatic N) is 2. The highest BCUT2D eigenvalue weighted by Crippen LogP contribution is 2.30. The Balaban J connectivity index is 1.29. The molecule has 142 valence electrons. The van der Waals surface area contributed by atoms with E-state index in [1.165, 1.54) is 0 Å². The van der Waals surface area contributed by atoms with Crippen LogP contribution in [-0.4, -0.2) is 59.2 Å². The first kappa shape index (κ1) is 17.7. The molecule has 0 aromatic heterocycles. The molecular weight excluding hydrogens is 348 g/mol. The monoisotopic (exact) mass is 370 g/mol. The molecule has 4 rings (SSSR count). The summed E-state index contributed by atoms with van der Waals surface area (Å²) in [6.07, 6.45) is 4.45. The van der Waals surface area contributed by atoms with E-state index in [1.54, 1.807) is 24.3 Å². The van der Waals surface area contributed by atoms with Gasteiger partial charge in [0.25, 0.3) is 11.8 Å². The van der Waals surface area contributed by atoms with E-state index in [9.17, 15) is 19.2 Å². The summed E-state index contributed by atoms with van der Waals surface area (Å²) in [7, 11) is 0. The molecule has 1 aromatic rings. The van der Waals surface area contributed by atoms with Crippen LogP contribution >= 0.6 is 0 Å². The van der Waals surface area contributed by atoms with Crippen molar-refractivity contribution in [3.05, 3.63) is 35.4 Å². The van der Waals surface area contributed by atoms with Crippen LogP contribution in [0.25, 0.3) is 0 Å². The number of amides is 3. The predicted octanol–water partition coefficient (Wildman–Crippen LogP) is 1.62. The molecule has 2 heterocycles. The average molecular weight is 370 g/mol. The molecule has 1 aliphatic carbocycles. The number of benzene rings is 1. The third-order valence-corrected chi connectivity index (χ3v) is 5.69. The smallest absolute Gasteiger partial charge is 0.311 e. The van der Waals surface area contributed by atoms with E-state index < -0.39 is 11.9 Å². The van der Waals surface area contributed by atoms with E-state index in [1.807, 2.05) is 4.90 Å². The molecule has 7 heteroatoms. The topological polar surface area (TPSA) is 84.0 Å². The van der Waals surface area contributed by atoms with Crippen LogP contribution < -0.4 is 0 Å². The maximum Gasteiger partial charge on any atom is 0.311 e. The van der Waals surface area contributed by atoms with Gasteiger partial charge in [-0.05, 0) is 25.0 Å². The molecule has 1 saturated carbocycles. The van der Waals surface area contributed by atoms with Crippen molar-refractivity contribution in [2.45, 2.75) is 38.1 Å². The number of hydrogen-bond donors (Lipinski definition) is 0. The molecule has 0 radical (unpaired) electrons. The predicted molar refractivity (Wildman–Crippen MR) is 94.8 cm³/mol. The van der Waals surface area contributed by atoms with Crippen molar-refractivity contribution >= 4 is 23.7 Å². The molecule has 1 atom stereocenters. The maximum atomic E-state index is 12.3. The second-order valence-corrected chi connectivity index (χ2v) is 7.36. The summed E-state index contributed by atoms with van der Waals surface area (Å²) in [6.45, 7) is 0.374. The number of carbonyl (C=O) groups is 4. The summed E-state index contributed by atoms with van der Waals surface area (Å²) in [5, 5.41) is 0. The number of esters is 1. The number of carbonyl (C=O) groups excluding carboxylic acids is 4. The van der Waals surface area contributed by atoms with Gasteiger partial charge in [0.1, 0.15) is 6.61 Å². The van der Waals surface area contributed by atoms with Crippen LogP contribution in [-0.2, 0) is 14.3 Å². The average Bonchev–Trinajstić information content (AvgIpc) is 3.37. The minimum atomic E-state index is -0.458. The zero-order valence-corrected chi connectivity index (χ0v) is 15.1. The van der Waals surface area contributed by atoms with Gasteiger partial charge in [0.15, 0.2) is 0 Å². The number of rotatable bonds is 5. The van der Waals surface area contributed by atoms with Crippen molar-refractivity contribution in [2.75, 3.05) is 19.7 Å². The first-order valence-corrected chi connectivity index (χ1v) is 9.47. The maximum absolute atomic E-state index is 12.3. The molecular formula is C20H22N2O5. The van der Waals surface area contributed by atoms with Crippen molar-refractivity contribution in [3.63, 3.8) is 0 Å². The number of imide groups is 1. The van der Waals surface area contributed by atoms with Gasteiger partial charge in [-0.25, -0.2) is 0 Å². The Bertz CT molecular complexity index is 764. The van der Waals surface area contributed by atoms with Crippen LogP contribution in [0, 0.1) is 5.92 Å². The van der Waals surface area contributed by atoms with Gasteiger partial charge in [0, 0.05) is 19.0 Å². The third-order valence-electron chi connectivity index (χ3n) is 5.69. The summed E-state index contributed by atoms with van der Waals surface area (Å²) in [6, 6.07) is 6.90. The van der Waals surface area contributed by atoms with Gasteiger partial charge in [-0.2, -0.15) is 0 Å². The highest BCUT2D eigenvalue weighted by atomic mass is 16.5. The Morgan fingerprint density at radius 2 is 1.67 bits per heavy atom. The van der Waals surface area contributed by atoms with Crippen molar-refractivity contribution < 1.29 is 23.9 Å². The first-order valence-electron chi connectivity index (χ1n) is 9.47. The zero-order valence-electron chi connectivity index (χ0n) is 15.1. The zero-order chi connectivity index (χ0) is 19.0. The molecule has 27 heavy (non-hydrogen) atoms. The fourth-order valence-electron chi connectivity index (χ4n) is 4.26. The van der Waals surface area contributed by atoms with Gasteiger partial charge in [-0.3, -0.25) is 24.1 Å². The first-order chi connectivity index (χ1) is 13.1. The quantitative estimate of drug-likeness (QED) is 0.581. The fraction of sp³-hybridized carbons (Fsp3) is 0.500. The van der Waals surface area contributed by atoms with Crippen LogP contribution in [0.15, 0.2) is 24.3 Å². The molecule has 0 N–H and O–H groups in total. The number of ether oxygens (including phenoxy) is 1. The second-order valence-electron chi connectivity index (χ2n) is 7.36. The van der Waals surface area contributed by atoms with Crippen LogP contribution in [0.2, 0.25) is 0 Å². The lowest BCUT2D eigenvalue weighted by Gasteiger charge is -2.23. The minimum Gasteiger partial charge on any atom is -0.464 e. The molecule has 3 amide bonds. The van der Waals surface area contributed by atoms with Crippen LogP contribution in [0.1, 0.15) is 52.8 Å². The third kappa shape index (κ3) is 3.22. The molecule has 1 aromatic carbocycles.